The Balaban J connectivity index is 3.62. The highest BCUT2D eigenvalue weighted by Crippen LogP contribution is 2.00. The van der Waals surface area contributed by atoms with Crippen LogP contribution >= 0.6 is 0 Å². The van der Waals surface area contributed by atoms with Crippen LogP contribution in [0.3, 0.4) is 0 Å². The Morgan fingerprint density at radius 3 is 2.71 bits per heavy atom. The van der Waals surface area contributed by atoms with Crippen molar-refractivity contribution in [1.82, 2.24) is 5.01 Å². The van der Waals surface area contributed by atoms with Crippen molar-refractivity contribution in [3.63, 3.8) is 0 Å². The van der Waals surface area contributed by atoms with Crippen LogP contribution in [-0.2, 0) is 4.74 Å². The van der Waals surface area contributed by atoms with Gasteiger partial charge in [-0.1, -0.05) is 6.92 Å². The predicted octanol–water partition coefficient (Wildman–Crippen LogP) is 0.870. The minimum atomic E-state index is -0.503. The van der Waals surface area contributed by atoms with Gasteiger partial charge in [0, 0.05) is 12.6 Å². The summed E-state index contributed by atoms with van der Waals surface area (Å²) in [6, 6.07) is -0.0136. The zero-order valence-corrected chi connectivity index (χ0v) is 8.90. The fraction of sp³-hybridized carbons (Fsp3) is 0.889. The summed E-state index contributed by atoms with van der Waals surface area (Å²) in [5, 5.41) is 9.59. The van der Waals surface area contributed by atoms with Crippen molar-refractivity contribution in [2.75, 3.05) is 13.2 Å². The van der Waals surface area contributed by atoms with E-state index in [1.807, 2.05) is 13.8 Å². The predicted molar refractivity (Wildman–Crippen MR) is 53.4 cm³/mol. The molecule has 5 heteroatoms. The van der Waals surface area contributed by atoms with Gasteiger partial charge in [0.25, 0.3) is 0 Å². The molecule has 0 aromatic heterocycles. The van der Waals surface area contributed by atoms with Crippen LogP contribution in [0.4, 0.5) is 4.79 Å². The molecular formula is C9H20N2O3. The fourth-order valence-electron chi connectivity index (χ4n) is 0.825. The quantitative estimate of drug-likeness (QED) is 0.291. The van der Waals surface area contributed by atoms with Gasteiger partial charge in [-0.3, -0.25) is 0 Å². The molecule has 0 unspecified atom stereocenters. The minimum Gasteiger partial charge on any atom is -0.448 e. The number of aliphatic hydroxyl groups excluding tert-OH is 1. The number of unbranched alkanes of at least 4 members (excludes halogenated alkanes) is 1. The van der Waals surface area contributed by atoms with Crippen LogP contribution in [0.15, 0.2) is 0 Å². The van der Waals surface area contributed by atoms with E-state index in [0.717, 1.165) is 11.4 Å². The van der Waals surface area contributed by atoms with Crippen LogP contribution in [0, 0.1) is 0 Å². The highest BCUT2D eigenvalue weighted by atomic mass is 16.6. The standard InChI is InChI=1S/C9H20N2O3/c1-3-8(2)11(10)9(13)14-7-5-4-6-12/h8,12H,3-7,10H2,1-2H3/t8-/m1/s1. The van der Waals surface area contributed by atoms with E-state index in [2.05, 4.69) is 0 Å². The molecule has 1 amide bonds. The number of hydrogen-bond acceptors (Lipinski definition) is 4. The Hall–Kier alpha value is -0.810. The molecule has 14 heavy (non-hydrogen) atoms. The molecule has 1 atom stereocenters. The monoisotopic (exact) mass is 204 g/mol. The number of aliphatic hydroxyl groups is 1. The first kappa shape index (κ1) is 13.2. The van der Waals surface area contributed by atoms with Gasteiger partial charge in [0.05, 0.1) is 6.61 Å². The van der Waals surface area contributed by atoms with E-state index in [-0.39, 0.29) is 12.6 Å². The SMILES string of the molecule is CC[C@@H](C)N(N)C(=O)OCCCCO. The zero-order chi connectivity index (χ0) is 11.0. The van der Waals surface area contributed by atoms with Crippen molar-refractivity contribution in [3.8, 4) is 0 Å². The Morgan fingerprint density at radius 1 is 1.57 bits per heavy atom. The highest BCUT2D eigenvalue weighted by molar-refractivity contribution is 5.67. The molecule has 0 radical (unpaired) electrons. The van der Waals surface area contributed by atoms with Crippen LogP contribution in [0.25, 0.3) is 0 Å². The molecule has 84 valence electrons. The summed E-state index contributed by atoms with van der Waals surface area (Å²) in [6.07, 6.45) is 1.59. The molecule has 3 N–H and O–H groups in total. The van der Waals surface area contributed by atoms with E-state index in [9.17, 15) is 4.79 Å². The Bertz CT molecular complexity index is 164. The van der Waals surface area contributed by atoms with E-state index in [0.29, 0.717) is 19.4 Å². The van der Waals surface area contributed by atoms with Crippen molar-refractivity contribution in [2.45, 2.75) is 39.2 Å². The number of rotatable bonds is 6. The maximum Gasteiger partial charge on any atom is 0.424 e. The van der Waals surface area contributed by atoms with Gasteiger partial charge >= 0.3 is 6.09 Å². The van der Waals surface area contributed by atoms with E-state index in [1.54, 1.807) is 0 Å². The van der Waals surface area contributed by atoms with Crippen LogP contribution in [0.2, 0.25) is 0 Å². The van der Waals surface area contributed by atoms with Gasteiger partial charge in [-0.2, -0.15) is 0 Å². The molecule has 0 saturated carbocycles. The van der Waals surface area contributed by atoms with E-state index in [1.165, 1.54) is 0 Å². The van der Waals surface area contributed by atoms with Crippen molar-refractivity contribution in [1.29, 1.82) is 0 Å². The summed E-state index contributed by atoms with van der Waals surface area (Å²) < 4.78 is 4.88. The molecule has 0 bridgehead atoms. The summed E-state index contributed by atoms with van der Waals surface area (Å²) in [5.74, 6) is 5.50. The van der Waals surface area contributed by atoms with E-state index >= 15 is 0 Å². The molecule has 0 saturated heterocycles. The highest BCUT2D eigenvalue weighted by Gasteiger charge is 2.15. The summed E-state index contributed by atoms with van der Waals surface area (Å²) in [4.78, 5) is 11.2. The van der Waals surface area contributed by atoms with Crippen LogP contribution in [-0.4, -0.2) is 35.5 Å². The smallest absolute Gasteiger partial charge is 0.424 e. The minimum absolute atomic E-state index is 0.0136. The molecular weight excluding hydrogens is 184 g/mol. The summed E-state index contributed by atoms with van der Waals surface area (Å²) >= 11 is 0. The molecule has 0 aromatic rings. The Kier molecular flexibility index (Phi) is 7.14. The van der Waals surface area contributed by atoms with Gasteiger partial charge in [0.15, 0.2) is 0 Å². The first-order valence-electron chi connectivity index (χ1n) is 4.95. The van der Waals surface area contributed by atoms with Gasteiger partial charge in [-0.25, -0.2) is 15.6 Å². The van der Waals surface area contributed by atoms with Gasteiger partial charge in [-0.05, 0) is 26.2 Å². The molecule has 0 fully saturated rings. The molecule has 0 aliphatic carbocycles. The number of hydrogen-bond donors (Lipinski definition) is 2. The van der Waals surface area contributed by atoms with Gasteiger partial charge < -0.3 is 9.84 Å². The third-order valence-electron chi connectivity index (χ3n) is 2.05. The van der Waals surface area contributed by atoms with E-state index < -0.39 is 6.09 Å². The lowest BCUT2D eigenvalue weighted by Gasteiger charge is -2.22. The average molecular weight is 204 g/mol. The van der Waals surface area contributed by atoms with Crippen molar-refractivity contribution in [2.24, 2.45) is 5.84 Å². The average Bonchev–Trinajstić information content (AvgIpc) is 2.21. The normalized spacial score (nSPS) is 12.3. The summed E-state index contributed by atoms with van der Waals surface area (Å²) in [6.45, 7) is 4.23. The van der Waals surface area contributed by atoms with Crippen molar-refractivity contribution < 1.29 is 14.6 Å². The molecule has 5 nitrogen and oxygen atoms in total. The third-order valence-corrected chi connectivity index (χ3v) is 2.05. The summed E-state index contributed by atoms with van der Waals surface area (Å²) in [5.41, 5.74) is 0. The molecule has 0 aromatic carbocycles. The van der Waals surface area contributed by atoms with Crippen molar-refractivity contribution in [3.05, 3.63) is 0 Å². The zero-order valence-electron chi connectivity index (χ0n) is 8.90. The Morgan fingerprint density at radius 2 is 2.21 bits per heavy atom. The second-order valence-corrected chi connectivity index (χ2v) is 3.21. The van der Waals surface area contributed by atoms with Gasteiger partial charge in [-0.15, -0.1) is 0 Å². The van der Waals surface area contributed by atoms with Crippen LogP contribution in [0.5, 0.6) is 0 Å². The molecule has 0 spiro atoms. The molecule has 0 aliphatic heterocycles. The molecule has 0 heterocycles. The Labute approximate surface area is 84.8 Å². The topological polar surface area (TPSA) is 75.8 Å². The maximum absolute atomic E-state index is 11.2. The van der Waals surface area contributed by atoms with Crippen LogP contribution < -0.4 is 5.84 Å². The molecule has 0 aliphatic rings. The van der Waals surface area contributed by atoms with Crippen molar-refractivity contribution >= 4 is 6.09 Å². The lowest BCUT2D eigenvalue weighted by molar-refractivity contribution is 0.0853. The lowest BCUT2D eigenvalue weighted by Crippen LogP contribution is -2.44. The number of carbonyl (C=O) groups is 1. The second kappa shape index (κ2) is 7.58. The van der Waals surface area contributed by atoms with Gasteiger partial charge in [0.2, 0.25) is 0 Å². The fourth-order valence-corrected chi connectivity index (χ4v) is 0.825. The van der Waals surface area contributed by atoms with E-state index in [4.69, 9.17) is 15.7 Å². The number of nitrogens with zero attached hydrogens (tertiary/aromatic N) is 1. The lowest BCUT2D eigenvalue weighted by atomic mass is 10.2. The first-order valence-corrected chi connectivity index (χ1v) is 4.95. The number of amides is 1. The number of ether oxygens (including phenoxy) is 1. The number of hydrazine groups is 1. The second-order valence-electron chi connectivity index (χ2n) is 3.21. The van der Waals surface area contributed by atoms with Gasteiger partial charge in [0.1, 0.15) is 0 Å². The number of carbonyl (C=O) groups excluding carboxylic acids is 1. The largest absolute Gasteiger partial charge is 0.448 e. The summed E-state index contributed by atoms with van der Waals surface area (Å²) in [7, 11) is 0. The number of nitrogens with two attached hydrogens (primary N) is 1. The maximum atomic E-state index is 11.2. The third kappa shape index (κ3) is 5.04. The first-order chi connectivity index (χ1) is 6.63. The van der Waals surface area contributed by atoms with Crippen LogP contribution in [0.1, 0.15) is 33.1 Å². The molecule has 0 rings (SSSR count).